The summed E-state index contributed by atoms with van der Waals surface area (Å²) in [7, 11) is -0.860. The lowest BCUT2D eigenvalue weighted by Gasteiger charge is -2.15. The quantitative estimate of drug-likeness (QED) is 0.659. The molecule has 0 aliphatic heterocycles. The van der Waals surface area contributed by atoms with Crippen molar-refractivity contribution in [3.8, 4) is 0 Å². The minimum absolute atomic E-state index is 0.110. The van der Waals surface area contributed by atoms with Gasteiger partial charge in [0.1, 0.15) is 7.55 Å². The molecule has 0 saturated carbocycles. The summed E-state index contributed by atoms with van der Waals surface area (Å²) in [6.07, 6.45) is 3.71. The zero-order chi connectivity index (χ0) is 9.23. The maximum atomic E-state index is 11.3. The summed E-state index contributed by atoms with van der Waals surface area (Å²) in [5.41, 5.74) is 0. The van der Waals surface area contributed by atoms with Crippen LogP contribution in [0, 0.1) is 5.92 Å². The number of hydrogen-bond donors (Lipinski definition) is 1. The summed E-state index contributed by atoms with van der Waals surface area (Å²) in [5.74, 6) is -0.224. The number of carbonyl (C=O) groups is 1. The number of carbonyl (C=O) groups excluding carboxylic acids is 1. The first-order valence-corrected chi connectivity index (χ1v) is 5.58. The van der Waals surface area contributed by atoms with Crippen LogP contribution in [-0.4, -0.2) is 29.2 Å². The Labute approximate surface area is 69.0 Å². The lowest BCUT2D eigenvalue weighted by molar-refractivity contribution is -0.131. The van der Waals surface area contributed by atoms with E-state index in [1.165, 1.54) is 0 Å². The fourth-order valence-electron chi connectivity index (χ4n) is 0.735. The highest BCUT2D eigenvalue weighted by Gasteiger charge is 2.41. The topological polar surface area (TPSA) is 37.3 Å². The van der Waals surface area contributed by atoms with Gasteiger partial charge < -0.3 is 5.11 Å². The van der Waals surface area contributed by atoms with Gasteiger partial charge in [-0.15, -0.1) is 0 Å². The number of rotatable bonds is 3. The third kappa shape index (κ3) is 2.39. The Bertz CT molecular complexity index is 183. The van der Waals surface area contributed by atoms with Crippen molar-refractivity contribution in [2.75, 3.05) is 6.66 Å². The molecular weight excluding hydrogens is 159 g/mol. The van der Waals surface area contributed by atoms with Gasteiger partial charge in [0, 0.05) is 12.8 Å². The predicted octanol–water partition coefficient (Wildman–Crippen LogP) is 1.46. The van der Waals surface area contributed by atoms with E-state index in [-0.39, 0.29) is 11.7 Å². The van der Waals surface area contributed by atoms with Crippen LogP contribution in [0.3, 0.4) is 0 Å². The minimum atomic E-state index is -1.20. The molecule has 0 saturated heterocycles. The Morgan fingerprint density at radius 1 is 1.64 bits per heavy atom. The predicted molar refractivity (Wildman–Crippen MR) is 50.4 cm³/mol. The van der Waals surface area contributed by atoms with Crippen molar-refractivity contribution in [1.82, 2.24) is 0 Å². The molecule has 0 radical (unpaired) electrons. The van der Waals surface area contributed by atoms with Crippen LogP contribution in [0.1, 0.15) is 20.8 Å². The van der Waals surface area contributed by atoms with Crippen LogP contribution in [0.25, 0.3) is 0 Å². The summed E-state index contributed by atoms with van der Waals surface area (Å²) in [6.45, 7) is 6.93. The molecule has 0 spiro atoms. The molecule has 2 atom stereocenters. The lowest BCUT2D eigenvalue weighted by Crippen LogP contribution is -2.34. The SMILES string of the molecule is C=[P+](C)C(C)(O)C(=O)C(C)C. The molecule has 0 aromatic rings. The molecule has 0 aliphatic rings. The van der Waals surface area contributed by atoms with Gasteiger partial charge in [0.15, 0.2) is 0 Å². The molecule has 0 fully saturated rings. The number of Topliss-reactive ketones (excluding diaryl/α,β-unsaturated/α-hetero) is 1. The van der Waals surface area contributed by atoms with Gasteiger partial charge in [-0.1, -0.05) is 13.8 Å². The van der Waals surface area contributed by atoms with E-state index in [1.54, 1.807) is 27.4 Å². The van der Waals surface area contributed by atoms with Gasteiger partial charge in [-0.05, 0) is 0 Å². The molecular formula is C8H16O2P+. The normalized spacial score (nSPS) is 17.8. The molecule has 3 heteroatoms. The summed E-state index contributed by atoms with van der Waals surface area (Å²) in [4.78, 5) is 11.3. The van der Waals surface area contributed by atoms with Gasteiger partial charge in [0.2, 0.25) is 5.78 Å². The summed E-state index contributed by atoms with van der Waals surface area (Å²) in [6, 6.07) is 0. The zero-order valence-electron chi connectivity index (χ0n) is 7.59. The van der Waals surface area contributed by atoms with E-state index < -0.39 is 12.9 Å². The van der Waals surface area contributed by atoms with Crippen LogP contribution in [0.2, 0.25) is 0 Å². The molecule has 0 amide bonds. The molecule has 64 valence electrons. The van der Waals surface area contributed by atoms with Crippen LogP contribution in [0.15, 0.2) is 0 Å². The number of aliphatic hydroxyl groups is 1. The first-order chi connectivity index (χ1) is 4.80. The van der Waals surface area contributed by atoms with Gasteiger partial charge >= 0.3 is 0 Å². The second kappa shape index (κ2) is 3.46. The smallest absolute Gasteiger partial charge is 0.277 e. The summed E-state index contributed by atoms with van der Waals surface area (Å²) >= 11 is 0. The molecule has 2 unspecified atom stereocenters. The second-order valence-electron chi connectivity index (χ2n) is 3.24. The third-order valence-electron chi connectivity index (χ3n) is 1.73. The van der Waals surface area contributed by atoms with Crippen molar-refractivity contribution in [2.45, 2.75) is 26.1 Å². The van der Waals surface area contributed by atoms with E-state index in [0.29, 0.717) is 0 Å². The van der Waals surface area contributed by atoms with Gasteiger partial charge in [-0.3, -0.25) is 4.79 Å². The van der Waals surface area contributed by atoms with E-state index in [2.05, 4.69) is 6.30 Å². The van der Waals surface area contributed by atoms with Crippen molar-refractivity contribution < 1.29 is 9.90 Å². The average molecular weight is 175 g/mol. The minimum Gasteiger partial charge on any atom is -0.346 e. The first-order valence-electron chi connectivity index (χ1n) is 3.61. The highest BCUT2D eigenvalue weighted by molar-refractivity contribution is 7.57. The number of hydrogen-bond acceptors (Lipinski definition) is 2. The van der Waals surface area contributed by atoms with Crippen molar-refractivity contribution in [2.24, 2.45) is 5.92 Å². The molecule has 0 aromatic carbocycles. The van der Waals surface area contributed by atoms with Gasteiger partial charge in [0.05, 0.1) is 13.0 Å². The van der Waals surface area contributed by atoms with E-state index >= 15 is 0 Å². The van der Waals surface area contributed by atoms with Crippen LogP contribution in [-0.2, 0) is 4.79 Å². The zero-order valence-corrected chi connectivity index (χ0v) is 8.48. The Hall–Kier alpha value is -0.200. The molecule has 2 nitrogen and oxygen atoms in total. The van der Waals surface area contributed by atoms with Crippen LogP contribution in [0.4, 0.5) is 0 Å². The van der Waals surface area contributed by atoms with Crippen molar-refractivity contribution in [1.29, 1.82) is 0 Å². The van der Waals surface area contributed by atoms with Crippen molar-refractivity contribution >= 4 is 19.6 Å². The van der Waals surface area contributed by atoms with Gasteiger partial charge in [-0.2, -0.15) is 0 Å². The maximum Gasteiger partial charge on any atom is 0.277 e. The molecule has 0 heterocycles. The Kier molecular flexibility index (Phi) is 3.40. The average Bonchev–Trinajstić information content (AvgIpc) is 1.85. The van der Waals surface area contributed by atoms with E-state index in [1.807, 2.05) is 0 Å². The highest BCUT2D eigenvalue weighted by Crippen LogP contribution is 2.34. The molecule has 1 N–H and O–H groups in total. The van der Waals surface area contributed by atoms with Crippen molar-refractivity contribution in [3.05, 3.63) is 0 Å². The summed E-state index contributed by atoms with van der Waals surface area (Å²) in [5, 5.41) is 8.44. The fraction of sp³-hybridized carbons (Fsp3) is 0.750. The molecule has 0 rings (SSSR count). The molecule has 0 aromatic heterocycles. The van der Waals surface area contributed by atoms with Crippen molar-refractivity contribution in [3.63, 3.8) is 0 Å². The highest BCUT2D eigenvalue weighted by atomic mass is 31.1. The monoisotopic (exact) mass is 175 g/mol. The molecule has 0 bridgehead atoms. The van der Waals surface area contributed by atoms with Gasteiger partial charge in [-0.25, -0.2) is 0 Å². The Morgan fingerprint density at radius 3 is 2.09 bits per heavy atom. The molecule has 0 aliphatic carbocycles. The summed E-state index contributed by atoms with van der Waals surface area (Å²) < 4.78 is 0. The largest absolute Gasteiger partial charge is 0.346 e. The maximum absolute atomic E-state index is 11.3. The van der Waals surface area contributed by atoms with E-state index in [9.17, 15) is 9.90 Å². The van der Waals surface area contributed by atoms with Crippen LogP contribution >= 0.6 is 7.55 Å². The van der Waals surface area contributed by atoms with Crippen LogP contribution in [0.5, 0.6) is 0 Å². The Balaban J connectivity index is 4.56. The number of ketones is 1. The van der Waals surface area contributed by atoms with Crippen LogP contribution < -0.4 is 0 Å². The lowest BCUT2D eigenvalue weighted by atomic mass is 10.1. The Morgan fingerprint density at radius 2 is 2.00 bits per heavy atom. The fourth-order valence-corrected chi connectivity index (χ4v) is 1.37. The van der Waals surface area contributed by atoms with E-state index in [0.717, 1.165) is 0 Å². The second-order valence-corrected chi connectivity index (χ2v) is 5.50. The van der Waals surface area contributed by atoms with Gasteiger partial charge in [0.25, 0.3) is 5.34 Å². The first kappa shape index (κ1) is 10.8. The molecule has 11 heavy (non-hydrogen) atoms. The van der Waals surface area contributed by atoms with E-state index in [4.69, 9.17) is 0 Å². The third-order valence-corrected chi connectivity index (χ3v) is 3.44. The standard InChI is InChI=1S/C8H16O2P/c1-6(2)7(9)8(3,10)11(4)5/h6,10H,4H2,1-3,5H3/q+1.